The highest BCUT2D eigenvalue weighted by Gasteiger charge is 2.09. The average Bonchev–Trinajstić information content (AvgIpc) is 2.79. The van der Waals surface area contributed by atoms with Gasteiger partial charge in [-0.3, -0.25) is 4.98 Å². The fraction of sp³-hybridized carbons (Fsp3) is 0.200. The standard InChI is InChI=1S/C15H14ClN3/c1-11-2-4-12(5-3-11)10-19-14-6-7-17-9-13(14)18-15(19)8-16/h2-7,9H,8,10H2,1H3. The summed E-state index contributed by atoms with van der Waals surface area (Å²) in [7, 11) is 0. The average molecular weight is 272 g/mol. The van der Waals surface area contributed by atoms with E-state index in [1.165, 1.54) is 11.1 Å². The summed E-state index contributed by atoms with van der Waals surface area (Å²) >= 11 is 5.99. The van der Waals surface area contributed by atoms with E-state index in [9.17, 15) is 0 Å². The van der Waals surface area contributed by atoms with Gasteiger partial charge >= 0.3 is 0 Å². The van der Waals surface area contributed by atoms with Crippen molar-refractivity contribution in [2.75, 3.05) is 0 Å². The molecule has 19 heavy (non-hydrogen) atoms. The monoisotopic (exact) mass is 271 g/mol. The van der Waals surface area contributed by atoms with E-state index in [2.05, 4.69) is 45.7 Å². The molecule has 0 spiro atoms. The highest BCUT2D eigenvalue weighted by Crippen LogP contribution is 2.18. The second kappa shape index (κ2) is 5.02. The molecule has 4 heteroatoms. The summed E-state index contributed by atoms with van der Waals surface area (Å²) in [5, 5.41) is 0. The Hall–Kier alpha value is -1.87. The zero-order valence-electron chi connectivity index (χ0n) is 10.7. The lowest BCUT2D eigenvalue weighted by Crippen LogP contribution is -2.03. The van der Waals surface area contributed by atoms with Crippen LogP contribution >= 0.6 is 11.6 Å². The number of alkyl halides is 1. The van der Waals surface area contributed by atoms with E-state index in [-0.39, 0.29) is 0 Å². The molecule has 0 N–H and O–H groups in total. The number of aryl methyl sites for hydroxylation is 1. The third kappa shape index (κ3) is 2.34. The number of hydrogen-bond acceptors (Lipinski definition) is 2. The van der Waals surface area contributed by atoms with Crippen LogP contribution in [0.25, 0.3) is 11.0 Å². The van der Waals surface area contributed by atoms with Crippen LogP contribution in [-0.4, -0.2) is 14.5 Å². The Balaban J connectivity index is 2.06. The molecule has 0 aliphatic carbocycles. The van der Waals surface area contributed by atoms with E-state index in [4.69, 9.17) is 11.6 Å². The van der Waals surface area contributed by atoms with Crippen molar-refractivity contribution >= 4 is 22.6 Å². The van der Waals surface area contributed by atoms with Crippen LogP contribution in [0.15, 0.2) is 42.7 Å². The van der Waals surface area contributed by atoms with E-state index in [1.807, 2.05) is 6.07 Å². The largest absolute Gasteiger partial charge is 0.322 e. The summed E-state index contributed by atoms with van der Waals surface area (Å²) < 4.78 is 2.15. The minimum atomic E-state index is 0.403. The molecule has 0 unspecified atom stereocenters. The summed E-state index contributed by atoms with van der Waals surface area (Å²) in [6.07, 6.45) is 3.56. The molecule has 2 aromatic heterocycles. The number of fused-ring (bicyclic) bond motifs is 1. The number of pyridine rings is 1. The van der Waals surface area contributed by atoms with Crippen LogP contribution in [0.5, 0.6) is 0 Å². The van der Waals surface area contributed by atoms with Crippen molar-refractivity contribution in [3.05, 3.63) is 59.7 Å². The van der Waals surface area contributed by atoms with Crippen LogP contribution in [-0.2, 0) is 12.4 Å². The van der Waals surface area contributed by atoms with Gasteiger partial charge in [0.2, 0.25) is 0 Å². The summed E-state index contributed by atoms with van der Waals surface area (Å²) in [6.45, 7) is 2.87. The lowest BCUT2D eigenvalue weighted by Gasteiger charge is -2.08. The molecule has 0 aliphatic heterocycles. The van der Waals surface area contributed by atoms with Crippen molar-refractivity contribution < 1.29 is 0 Å². The first-order valence-corrected chi connectivity index (χ1v) is 6.72. The predicted octanol–water partition coefficient (Wildman–Crippen LogP) is 3.53. The molecular weight excluding hydrogens is 258 g/mol. The van der Waals surface area contributed by atoms with Crippen LogP contribution in [0.1, 0.15) is 17.0 Å². The Morgan fingerprint density at radius 3 is 2.68 bits per heavy atom. The van der Waals surface area contributed by atoms with Crippen molar-refractivity contribution in [3.63, 3.8) is 0 Å². The van der Waals surface area contributed by atoms with Gasteiger partial charge in [-0.25, -0.2) is 4.98 Å². The molecule has 0 radical (unpaired) electrons. The molecular formula is C15H14ClN3. The molecule has 3 aromatic rings. The number of nitrogens with zero attached hydrogens (tertiary/aromatic N) is 3. The van der Waals surface area contributed by atoms with Gasteiger partial charge in [0, 0.05) is 12.7 Å². The second-order valence-electron chi connectivity index (χ2n) is 4.60. The summed E-state index contributed by atoms with van der Waals surface area (Å²) in [5.41, 5.74) is 4.48. The van der Waals surface area contributed by atoms with Gasteiger partial charge in [-0.15, -0.1) is 11.6 Å². The minimum Gasteiger partial charge on any atom is -0.322 e. The van der Waals surface area contributed by atoms with Crippen LogP contribution in [0.4, 0.5) is 0 Å². The highest BCUT2D eigenvalue weighted by atomic mass is 35.5. The quantitative estimate of drug-likeness (QED) is 0.683. The number of benzene rings is 1. The molecule has 0 bridgehead atoms. The van der Waals surface area contributed by atoms with Gasteiger partial charge in [-0.1, -0.05) is 29.8 Å². The first-order valence-electron chi connectivity index (χ1n) is 6.18. The molecule has 96 valence electrons. The van der Waals surface area contributed by atoms with Crippen LogP contribution in [0, 0.1) is 6.92 Å². The van der Waals surface area contributed by atoms with Crippen molar-refractivity contribution in [1.29, 1.82) is 0 Å². The molecule has 0 saturated carbocycles. The molecule has 0 fully saturated rings. The molecule has 2 heterocycles. The van der Waals surface area contributed by atoms with Crippen molar-refractivity contribution in [2.24, 2.45) is 0 Å². The zero-order valence-corrected chi connectivity index (χ0v) is 11.4. The Labute approximate surface area is 116 Å². The Morgan fingerprint density at radius 1 is 1.16 bits per heavy atom. The van der Waals surface area contributed by atoms with Crippen LogP contribution in [0.3, 0.4) is 0 Å². The van der Waals surface area contributed by atoms with E-state index < -0.39 is 0 Å². The van der Waals surface area contributed by atoms with E-state index >= 15 is 0 Å². The Bertz CT molecular complexity index is 701. The number of rotatable bonds is 3. The first-order chi connectivity index (χ1) is 9.28. The van der Waals surface area contributed by atoms with E-state index in [0.29, 0.717) is 5.88 Å². The smallest absolute Gasteiger partial charge is 0.125 e. The third-order valence-electron chi connectivity index (χ3n) is 3.21. The Kier molecular flexibility index (Phi) is 3.22. The molecule has 0 saturated heterocycles. The summed E-state index contributed by atoms with van der Waals surface area (Å²) in [4.78, 5) is 8.61. The lowest BCUT2D eigenvalue weighted by atomic mass is 10.1. The van der Waals surface area contributed by atoms with Gasteiger partial charge in [-0.05, 0) is 18.6 Å². The SMILES string of the molecule is Cc1ccc(Cn2c(CCl)nc3cnccc32)cc1. The molecule has 3 nitrogen and oxygen atoms in total. The zero-order chi connectivity index (χ0) is 13.2. The molecule has 0 atom stereocenters. The minimum absolute atomic E-state index is 0.403. The van der Waals surface area contributed by atoms with Crippen LogP contribution < -0.4 is 0 Å². The molecule has 0 aliphatic rings. The van der Waals surface area contributed by atoms with Gasteiger partial charge in [0.1, 0.15) is 11.3 Å². The Morgan fingerprint density at radius 2 is 1.95 bits per heavy atom. The first kappa shape index (κ1) is 12.2. The number of imidazole rings is 1. The summed E-state index contributed by atoms with van der Waals surface area (Å²) in [5.74, 6) is 1.28. The van der Waals surface area contributed by atoms with E-state index in [1.54, 1.807) is 12.4 Å². The third-order valence-corrected chi connectivity index (χ3v) is 3.45. The van der Waals surface area contributed by atoms with Gasteiger partial charge in [0.25, 0.3) is 0 Å². The predicted molar refractivity (Wildman–Crippen MR) is 77.4 cm³/mol. The van der Waals surface area contributed by atoms with Crippen molar-refractivity contribution in [2.45, 2.75) is 19.3 Å². The fourth-order valence-electron chi connectivity index (χ4n) is 2.19. The molecule has 1 aromatic carbocycles. The van der Waals surface area contributed by atoms with Crippen LogP contribution in [0.2, 0.25) is 0 Å². The molecule has 3 rings (SSSR count). The number of aromatic nitrogens is 3. The maximum atomic E-state index is 5.99. The fourth-order valence-corrected chi connectivity index (χ4v) is 2.39. The second-order valence-corrected chi connectivity index (χ2v) is 4.87. The van der Waals surface area contributed by atoms with Gasteiger partial charge in [0.15, 0.2) is 0 Å². The molecule has 0 amide bonds. The number of hydrogen-bond donors (Lipinski definition) is 0. The summed E-state index contributed by atoms with van der Waals surface area (Å²) in [6, 6.07) is 10.5. The van der Waals surface area contributed by atoms with E-state index in [0.717, 1.165) is 23.4 Å². The van der Waals surface area contributed by atoms with Gasteiger partial charge in [-0.2, -0.15) is 0 Å². The normalized spacial score (nSPS) is 11.1. The van der Waals surface area contributed by atoms with Gasteiger partial charge < -0.3 is 4.57 Å². The topological polar surface area (TPSA) is 30.7 Å². The maximum Gasteiger partial charge on any atom is 0.125 e. The maximum absolute atomic E-state index is 5.99. The number of halogens is 1. The highest BCUT2D eigenvalue weighted by molar-refractivity contribution is 6.16. The van der Waals surface area contributed by atoms with Crippen molar-refractivity contribution in [1.82, 2.24) is 14.5 Å². The van der Waals surface area contributed by atoms with Crippen molar-refractivity contribution in [3.8, 4) is 0 Å². The lowest BCUT2D eigenvalue weighted by molar-refractivity contribution is 0.778. The van der Waals surface area contributed by atoms with Gasteiger partial charge in [0.05, 0.1) is 17.6 Å².